The molecule has 5 heteroatoms. The van der Waals surface area contributed by atoms with Crippen LogP contribution in [0.5, 0.6) is 5.75 Å². The third-order valence-corrected chi connectivity index (χ3v) is 3.72. The summed E-state index contributed by atoms with van der Waals surface area (Å²) < 4.78 is 5.16. The molecule has 1 aromatic carbocycles. The van der Waals surface area contributed by atoms with Crippen molar-refractivity contribution in [3.63, 3.8) is 0 Å². The van der Waals surface area contributed by atoms with E-state index in [0.29, 0.717) is 0 Å². The van der Waals surface area contributed by atoms with Gasteiger partial charge in [-0.1, -0.05) is 32.9 Å². The number of hydrogen-bond acceptors (Lipinski definition) is 3. The van der Waals surface area contributed by atoms with E-state index in [4.69, 9.17) is 4.74 Å². The molecule has 1 aromatic rings. The Morgan fingerprint density at radius 3 is 2.42 bits per heavy atom. The number of rotatable bonds is 7. The van der Waals surface area contributed by atoms with Gasteiger partial charge in [0, 0.05) is 18.7 Å². The van der Waals surface area contributed by atoms with Gasteiger partial charge in [-0.25, -0.2) is 0 Å². The van der Waals surface area contributed by atoms with Crippen LogP contribution in [0.15, 0.2) is 30.3 Å². The molecule has 1 rings (SSSR count). The van der Waals surface area contributed by atoms with Crippen LogP contribution in [-0.2, 0) is 9.59 Å². The van der Waals surface area contributed by atoms with Crippen molar-refractivity contribution in [1.29, 1.82) is 0 Å². The van der Waals surface area contributed by atoms with Gasteiger partial charge >= 0.3 is 0 Å². The van der Waals surface area contributed by atoms with E-state index in [1.165, 1.54) is 11.0 Å². The summed E-state index contributed by atoms with van der Waals surface area (Å²) in [5.74, 6) is 0.342. The SMILES string of the molecule is COc1cccc(/C=C/C(=O)N(C)CC(=O)NC(C)(C)CC(C)(C)C)c1. The highest BCUT2D eigenvalue weighted by molar-refractivity contribution is 5.94. The molecule has 0 saturated carbocycles. The monoisotopic (exact) mass is 360 g/mol. The Balaban J connectivity index is 2.60. The third kappa shape index (κ3) is 8.19. The fourth-order valence-corrected chi connectivity index (χ4v) is 3.12. The lowest BCUT2D eigenvalue weighted by molar-refractivity contribution is -0.132. The van der Waals surface area contributed by atoms with Crippen LogP contribution in [0, 0.1) is 5.41 Å². The Morgan fingerprint density at radius 2 is 1.85 bits per heavy atom. The smallest absolute Gasteiger partial charge is 0.246 e. The zero-order valence-electron chi connectivity index (χ0n) is 17.1. The number of carbonyl (C=O) groups excluding carboxylic acids is 2. The second-order valence-corrected chi connectivity index (χ2v) is 8.47. The molecule has 0 aliphatic carbocycles. The summed E-state index contributed by atoms with van der Waals surface area (Å²) in [5, 5.41) is 3.01. The average Bonchev–Trinajstić information content (AvgIpc) is 2.49. The van der Waals surface area contributed by atoms with Gasteiger partial charge in [0.15, 0.2) is 0 Å². The molecule has 144 valence electrons. The van der Waals surface area contributed by atoms with Gasteiger partial charge in [-0.15, -0.1) is 0 Å². The first kappa shape index (κ1) is 21.7. The number of likely N-dealkylation sites (N-methyl/N-ethyl adjacent to an activating group) is 1. The molecule has 5 nitrogen and oxygen atoms in total. The van der Waals surface area contributed by atoms with Crippen molar-refractivity contribution < 1.29 is 14.3 Å². The van der Waals surface area contributed by atoms with Gasteiger partial charge in [0.2, 0.25) is 11.8 Å². The lowest BCUT2D eigenvalue weighted by atomic mass is 9.82. The van der Waals surface area contributed by atoms with Crippen LogP contribution in [0.2, 0.25) is 0 Å². The van der Waals surface area contributed by atoms with Gasteiger partial charge in [0.1, 0.15) is 5.75 Å². The molecule has 0 heterocycles. The summed E-state index contributed by atoms with van der Waals surface area (Å²) in [7, 11) is 3.22. The van der Waals surface area contributed by atoms with Crippen molar-refractivity contribution in [3.05, 3.63) is 35.9 Å². The van der Waals surface area contributed by atoms with Crippen LogP contribution in [0.3, 0.4) is 0 Å². The van der Waals surface area contributed by atoms with Gasteiger partial charge in [0.05, 0.1) is 13.7 Å². The number of amides is 2. The number of hydrogen-bond donors (Lipinski definition) is 1. The second kappa shape index (κ2) is 8.88. The lowest BCUT2D eigenvalue weighted by Crippen LogP contribution is -2.49. The molecule has 0 spiro atoms. The van der Waals surface area contributed by atoms with E-state index in [0.717, 1.165) is 17.7 Å². The molecular formula is C21H32N2O3. The Labute approximate surface area is 157 Å². The number of carbonyl (C=O) groups is 2. The predicted octanol–water partition coefficient (Wildman–Crippen LogP) is 3.50. The summed E-state index contributed by atoms with van der Waals surface area (Å²) in [6.07, 6.45) is 4.02. The van der Waals surface area contributed by atoms with Gasteiger partial charge in [-0.3, -0.25) is 9.59 Å². The predicted molar refractivity (Wildman–Crippen MR) is 106 cm³/mol. The Morgan fingerprint density at radius 1 is 1.19 bits per heavy atom. The van der Waals surface area contributed by atoms with Crippen LogP contribution in [-0.4, -0.2) is 43.0 Å². The molecule has 0 bridgehead atoms. The molecule has 0 aromatic heterocycles. The van der Waals surface area contributed by atoms with Gasteiger partial charge in [-0.05, 0) is 49.5 Å². The summed E-state index contributed by atoms with van der Waals surface area (Å²) in [5.41, 5.74) is 0.648. The minimum absolute atomic E-state index is 0.0227. The van der Waals surface area contributed by atoms with E-state index in [1.54, 1.807) is 20.2 Å². The highest BCUT2D eigenvalue weighted by atomic mass is 16.5. The maximum atomic E-state index is 12.3. The second-order valence-electron chi connectivity index (χ2n) is 8.47. The highest BCUT2D eigenvalue weighted by Gasteiger charge is 2.27. The minimum Gasteiger partial charge on any atom is -0.497 e. The van der Waals surface area contributed by atoms with Crippen molar-refractivity contribution in [2.45, 2.75) is 46.6 Å². The van der Waals surface area contributed by atoms with E-state index in [2.05, 4.69) is 26.1 Å². The zero-order chi connectivity index (χ0) is 20.0. The van der Waals surface area contributed by atoms with Gasteiger partial charge < -0.3 is 15.0 Å². The average molecular weight is 360 g/mol. The molecule has 0 aliphatic rings. The number of methoxy groups -OCH3 is 1. The molecule has 0 fully saturated rings. The van der Waals surface area contributed by atoms with Crippen LogP contribution in [0.1, 0.15) is 46.6 Å². The fourth-order valence-electron chi connectivity index (χ4n) is 3.12. The van der Waals surface area contributed by atoms with Crippen LogP contribution < -0.4 is 10.1 Å². The number of benzene rings is 1. The first-order valence-corrected chi connectivity index (χ1v) is 8.80. The quantitative estimate of drug-likeness (QED) is 0.757. The third-order valence-electron chi connectivity index (χ3n) is 3.72. The molecule has 0 radical (unpaired) electrons. The molecule has 0 aliphatic heterocycles. The maximum absolute atomic E-state index is 12.3. The van der Waals surface area contributed by atoms with Crippen molar-refractivity contribution in [1.82, 2.24) is 10.2 Å². The minimum atomic E-state index is -0.324. The normalized spacial score (nSPS) is 12.1. The van der Waals surface area contributed by atoms with Crippen LogP contribution in [0.25, 0.3) is 6.08 Å². The first-order chi connectivity index (χ1) is 11.9. The molecular weight excluding hydrogens is 328 g/mol. The van der Waals surface area contributed by atoms with Gasteiger partial charge in [0.25, 0.3) is 0 Å². The summed E-state index contributed by atoms with van der Waals surface area (Å²) >= 11 is 0. The van der Waals surface area contributed by atoms with Crippen molar-refractivity contribution in [3.8, 4) is 5.75 Å². The Kier molecular flexibility index (Phi) is 7.42. The number of nitrogens with zero attached hydrogens (tertiary/aromatic N) is 1. The Bertz CT molecular complexity index is 657. The molecule has 1 N–H and O–H groups in total. The van der Waals surface area contributed by atoms with Crippen LogP contribution in [0.4, 0.5) is 0 Å². The van der Waals surface area contributed by atoms with E-state index >= 15 is 0 Å². The topological polar surface area (TPSA) is 58.6 Å². The van der Waals surface area contributed by atoms with E-state index in [-0.39, 0.29) is 29.3 Å². The zero-order valence-corrected chi connectivity index (χ0v) is 17.1. The molecule has 26 heavy (non-hydrogen) atoms. The molecule has 0 saturated heterocycles. The van der Waals surface area contributed by atoms with Crippen LogP contribution >= 0.6 is 0 Å². The molecule has 0 unspecified atom stereocenters. The number of ether oxygens (including phenoxy) is 1. The van der Waals surface area contributed by atoms with E-state index < -0.39 is 0 Å². The number of nitrogens with one attached hydrogen (secondary N) is 1. The molecule has 2 amide bonds. The summed E-state index contributed by atoms with van der Waals surface area (Å²) in [4.78, 5) is 25.9. The van der Waals surface area contributed by atoms with Crippen molar-refractivity contribution in [2.24, 2.45) is 5.41 Å². The lowest BCUT2D eigenvalue weighted by Gasteiger charge is -2.33. The van der Waals surface area contributed by atoms with Crippen molar-refractivity contribution in [2.75, 3.05) is 20.7 Å². The highest BCUT2D eigenvalue weighted by Crippen LogP contribution is 2.26. The fraction of sp³-hybridized carbons (Fsp3) is 0.524. The molecule has 0 atom stereocenters. The first-order valence-electron chi connectivity index (χ1n) is 8.80. The maximum Gasteiger partial charge on any atom is 0.246 e. The Hall–Kier alpha value is -2.30. The van der Waals surface area contributed by atoms with E-state index in [9.17, 15) is 9.59 Å². The summed E-state index contributed by atoms with van der Waals surface area (Å²) in [6.45, 7) is 10.4. The van der Waals surface area contributed by atoms with E-state index in [1.807, 2.05) is 38.1 Å². The van der Waals surface area contributed by atoms with Gasteiger partial charge in [-0.2, -0.15) is 0 Å². The summed E-state index contributed by atoms with van der Waals surface area (Å²) in [6, 6.07) is 7.42. The largest absolute Gasteiger partial charge is 0.497 e. The van der Waals surface area contributed by atoms with Crippen molar-refractivity contribution >= 4 is 17.9 Å². The standard InChI is InChI=1S/C21H32N2O3/c1-20(2,3)15-21(4,5)22-18(24)14-23(6)19(25)12-11-16-9-8-10-17(13-16)26-7/h8-13H,14-15H2,1-7H3,(H,22,24)/b12-11+.